The normalized spacial score (nSPS) is 25.0. The van der Waals surface area contributed by atoms with Crippen molar-refractivity contribution in [2.24, 2.45) is 0 Å². The molecule has 0 aromatic heterocycles. The number of hydrogen-bond acceptors (Lipinski definition) is 3. The van der Waals surface area contributed by atoms with Crippen LogP contribution in [0.4, 0.5) is 0 Å². The Hall–Kier alpha value is -0.520. The minimum absolute atomic E-state index is 0.0128. The van der Waals surface area contributed by atoms with Crippen molar-refractivity contribution in [3.63, 3.8) is 0 Å². The number of carbonyl (C=O) groups is 1. The number of ether oxygens (including phenoxy) is 1. The summed E-state index contributed by atoms with van der Waals surface area (Å²) in [6, 6.07) is 7.18. The zero-order chi connectivity index (χ0) is 13.1. The van der Waals surface area contributed by atoms with Gasteiger partial charge in [0.05, 0.1) is 17.1 Å². The first-order valence-corrected chi connectivity index (χ1v) is 8.03. The lowest BCUT2D eigenvalue weighted by molar-refractivity contribution is 0.102. The van der Waals surface area contributed by atoms with Crippen LogP contribution in [0, 0.1) is 0 Å². The number of benzene rings is 1. The summed E-state index contributed by atoms with van der Waals surface area (Å²) < 4.78 is 18.4. The molecule has 1 aromatic carbocycles. The third-order valence-corrected chi connectivity index (χ3v) is 5.40. The molecule has 3 unspecified atom stereocenters. The van der Waals surface area contributed by atoms with E-state index < -0.39 is 10.8 Å². The van der Waals surface area contributed by atoms with Crippen molar-refractivity contribution in [3.8, 4) is 0 Å². The highest BCUT2D eigenvalue weighted by Crippen LogP contribution is 2.20. The highest BCUT2D eigenvalue weighted by molar-refractivity contribution is 9.10. The molecule has 1 aliphatic heterocycles. The van der Waals surface area contributed by atoms with Crippen molar-refractivity contribution in [3.05, 3.63) is 34.3 Å². The maximum atomic E-state index is 12.1. The highest BCUT2D eigenvalue weighted by Gasteiger charge is 2.30. The Morgan fingerprint density at radius 3 is 2.94 bits per heavy atom. The van der Waals surface area contributed by atoms with Crippen molar-refractivity contribution in [1.29, 1.82) is 0 Å². The van der Waals surface area contributed by atoms with Gasteiger partial charge in [-0.1, -0.05) is 28.1 Å². The van der Waals surface area contributed by atoms with Gasteiger partial charge in [-0.2, -0.15) is 0 Å². The predicted octanol–water partition coefficient (Wildman–Crippen LogP) is 2.56. The van der Waals surface area contributed by atoms with Crippen LogP contribution in [0.15, 0.2) is 28.7 Å². The SMILES string of the molecule is CC1OCCC1S(=O)CC(=O)c1cccc(Br)c1. The van der Waals surface area contributed by atoms with Crippen molar-refractivity contribution in [2.45, 2.75) is 24.7 Å². The monoisotopic (exact) mass is 330 g/mol. The summed E-state index contributed by atoms with van der Waals surface area (Å²) in [7, 11) is -1.15. The standard InChI is InChI=1S/C13H15BrO3S/c1-9-13(5-6-17-9)18(16)8-12(15)10-3-2-4-11(14)7-10/h2-4,7,9,13H,5-6,8H2,1H3. The first kappa shape index (κ1) is 13.9. The van der Waals surface area contributed by atoms with E-state index in [1.54, 1.807) is 12.1 Å². The number of Topliss-reactive ketones (excluding diaryl/α,β-unsaturated/α-hetero) is 1. The summed E-state index contributed by atoms with van der Waals surface area (Å²) in [5.74, 6) is 0.00295. The molecule has 3 atom stereocenters. The van der Waals surface area contributed by atoms with Crippen LogP contribution in [0.1, 0.15) is 23.7 Å². The summed E-state index contributed by atoms with van der Waals surface area (Å²) in [6.45, 7) is 2.56. The van der Waals surface area contributed by atoms with Gasteiger partial charge in [-0.25, -0.2) is 0 Å². The minimum atomic E-state index is -1.15. The van der Waals surface area contributed by atoms with Gasteiger partial charge in [0.25, 0.3) is 0 Å². The number of rotatable bonds is 4. The van der Waals surface area contributed by atoms with Crippen LogP contribution in [-0.2, 0) is 15.5 Å². The summed E-state index contributed by atoms with van der Waals surface area (Å²) >= 11 is 3.32. The number of carbonyl (C=O) groups excluding carboxylic acids is 1. The van der Waals surface area contributed by atoms with Crippen molar-refractivity contribution < 1.29 is 13.7 Å². The fraction of sp³-hybridized carbons (Fsp3) is 0.462. The number of halogens is 1. The quantitative estimate of drug-likeness (QED) is 0.797. The van der Waals surface area contributed by atoms with Crippen molar-refractivity contribution >= 4 is 32.5 Å². The molecule has 0 N–H and O–H groups in total. The van der Waals surface area contributed by atoms with E-state index in [4.69, 9.17) is 4.74 Å². The molecule has 0 bridgehead atoms. The molecule has 3 nitrogen and oxygen atoms in total. The lowest BCUT2D eigenvalue weighted by atomic mass is 10.2. The molecule has 98 valence electrons. The Kier molecular flexibility index (Phi) is 4.70. The molecule has 5 heteroatoms. The molecule has 18 heavy (non-hydrogen) atoms. The molecule has 1 aromatic rings. The smallest absolute Gasteiger partial charge is 0.175 e. The van der Waals surface area contributed by atoms with E-state index in [0.29, 0.717) is 12.2 Å². The van der Waals surface area contributed by atoms with Gasteiger partial charge >= 0.3 is 0 Å². The molecule has 0 saturated carbocycles. The van der Waals surface area contributed by atoms with E-state index in [-0.39, 0.29) is 22.9 Å². The second-order valence-corrected chi connectivity index (χ2v) is 6.93. The largest absolute Gasteiger partial charge is 0.377 e. The van der Waals surface area contributed by atoms with Gasteiger partial charge in [0.15, 0.2) is 5.78 Å². The molecule has 0 aliphatic carbocycles. The molecule has 1 aliphatic rings. The number of hydrogen-bond donors (Lipinski definition) is 0. The number of ketones is 1. The molecule has 2 rings (SSSR count). The van der Waals surface area contributed by atoms with E-state index in [2.05, 4.69) is 15.9 Å². The first-order chi connectivity index (χ1) is 8.58. The highest BCUT2D eigenvalue weighted by atomic mass is 79.9. The maximum absolute atomic E-state index is 12.1. The van der Waals surface area contributed by atoms with Crippen LogP contribution in [0.3, 0.4) is 0 Å². The fourth-order valence-corrected chi connectivity index (χ4v) is 3.94. The van der Waals surface area contributed by atoms with Gasteiger partial charge in [-0.15, -0.1) is 0 Å². The van der Waals surface area contributed by atoms with Crippen LogP contribution in [0.5, 0.6) is 0 Å². The zero-order valence-corrected chi connectivity index (χ0v) is 12.5. The van der Waals surface area contributed by atoms with Gasteiger partial charge in [0.1, 0.15) is 0 Å². The molecule has 1 saturated heterocycles. The van der Waals surface area contributed by atoms with E-state index >= 15 is 0 Å². The molecular weight excluding hydrogens is 316 g/mol. The Morgan fingerprint density at radius 2 is 2.33 bits per heavy atom. The van der Waals surface area contributed by atoms with Gasteiger partial charge in [0.2, 0.25) is 0 Å². The molecule has 0 radical (unpaired) electrons. The topological polar surface area (TPSA) is 43.4 Å². The molecule has 0 spiro atoms. The van der Waals surface area contributed by atoms with E-state index in [1.165, 1.54) is 0 Å². The third-order valence-electron chi connectivity index (χ3n) is 3.06. The van der Waals surface area contributed by atoms with E-state index in [0.717, 1.165) is 10.9 Å². The van der Waals surface area contributed by atoms with E-state index in [9.17, 15) is 9.00 Å². The van der Waals surface area contributed by atoms with E-state index in [1.807, 2.05) is 19.1 Å². The van der Waals surface area contributed by atoms with Gasteiger partial charge < -0.3 is 4.74 Å². The van der Waals surface area contributed by atoms with Gasteiger partial charge in [-0.3, -0.25) is 9.00 Å². The molecule has 1 heterocycles. The molecule has 1 fully saturated rings. The van der Waals surface area contributed by atoms with Gasteiger partial charge in [-0.05, 0) is 25.5 Å². The fourth-order valence-electron chi connectivity index (χ4n) is 2.04. The Morgan fingerprint density at radius 1 is 1.56 bits per heavy atom. The summed E-state index contributed by atoms with van der Waals surface area (Å²) in [5.41, 5.74) is 0.601. The average Bonchev–Trinajstić information content (AvgIpc) is 2.75. The first-order valence-electron chi connectivity index (χ1n) is 5.85. The zero-order valence-electron chi connectivity index (χ0n) is 10.1. The summed E-state index contributed by atoms with van der Waals surface area (Å²) in [6.07, 6.45) is 0.764. The van der Waals surface area contributed by atoms with Crippen LogP contribution in [0.25, 0.3) is 0 Å². The van der Waals surface area contributed by atoms with Crippen molar-refractivity contribution in [2.75, 3.05) is 12.4 Å². The average molecular weight is 331 g/mol. The Balaban J connectivity index is 2.01. The lowest BCUT2D eigenvalue weighted by Crippen LogP contribution is -2.27. The molecular formula is C13H15BrO3S. The summed E-state index contributed by atoms with van der Waals surface area (Å²) in [5, 5.41) is -0.0129. The Bertz CT molecular complexity index is 475. The van der Waals surface area contributed by atoms with Crippen molar-refractivity contribution in [1.82, 2.24) is 0 Å². The second kappa shape index (κ2) is 6.08. The third kappa shape index (κ3) is 3.28. The van der Waals surface area contributed by atoms with Crippen LogP contribution in [-0.4, -0.2) is 33.7 Å². The minimum Gasteiger partial charge on any atom is -0.377 e. The van der Waals surface area contributed by atoms with Crippen LogP contribution >= 0.6 is 15.9 Å². The molecule has 0 amide bonds. The maximum Gasteiger partial charge on any atom is 0.175 e. The Labute approximate surface area is 117 Å². The van der Waals surface area contributed by atoms with Gasteiger partial charge in [0, 0.05) is 27.4 Å². The van der Waals surface area contributed by atoms with Crippen LogP contribution in [0.2, 0.25) is 0 Å². The van der Waals surface area contributed by atoms with Crippen LogP contribution < -0.4 is 0 Å². The second-order valence-electron chi connectivity index (χ2n) is 4.36. The summed E-state index contributed by atoms with van der Waals surface area (Å²) in [4.78, 5) is 12.0. The predicted molar refractivity (Wildman–Crippen MR) is 75.3 cm³/mol. The lowest BCUT2D eigenvalue weighted by Gasteiger charge is -2.13.